The van der Waals surface area contributed by atoms with Gasteiger partial charge in [-0.1, -0.05) is 0 Å². The summed E-state index contributed by atoms with van der Waals surface area (Å²) in [5.74, 6) is 1.48. The second kappa shape index (κ2) is 6.57. The number of ether oxygens (including phenoxy) is 2. The van der Waals surface area contributed by atoms with Gasteiger partial charge in [0.2, 0.25) is 0 Å². The van der Waals surface area contributed by atoms with E-state index in [9.17, 15) is 4.79 Å². The topological polar surface area (TPSA) is 60.5 Å². The van der Waals surface area contributed by atoms with E-state index in [0.29, 0.717) is 16.4 Å². The van der Waals surface area contributed by atoms with E-state index in [1.807, 2.05) is 17.5 Å². The first kappa shape index (κ1) is 15.7. The van der Waals surface area contributed by atoms with Crippen molar-refractivity contribution in [3.8, 4) is 22.8 Å². The first-order valence-corrected chi connectivity index (χ1v) is 8.78. The maximum Gasteiger partial charge on any atom is 0.257 e. The average molecular weight is 352 g/mol. The zero-order chi connectivity index (χ0) is 17.2. The summed E-state index contributed by atoms with van der Waals surface area (Å²) < 4.78 is 10.6. The lowest BCUT2D eigenvalue weighted by molar-refractivity contribution is 0.102. The van der Waals surface area contributed by atoms with Gasteiger partial charge in [0, 0.05) is 22.9 Å². The summed E-state index contributed by atoms with van der Waals surface area (Å²) in [6, 6.07) is 13.0. The Morgan fingerprint density at radius 3 is 2.88 bits per heavy atom. The van der Waals surface area contributed by atoms with Crippen LogP contribution in [0.4, 0.5) is 5.13 Å². The molecule has 4 rings (SSSR count). The van der Waals surface area contributed by atoms with Gasteiger partial charge in [-0.15, -0.1) is 11.3 Å². The molecule has 0 saturated carbocycles. The first-order valence-electron chi connectivity index (χ1n) is 7.90. The van der Waals surface area contributed by atoms with Crippen LogP contribution >= 0.6 is 11.3 Å². The van der Waals surface area contributed by atoms with E-state index in [1.54, 1.807) is 31.4 Å². The number of hydrogen-bond donors (Lipinski definition) is 1. The van der Waals surface area contributed by atoms with Gasteiger partial charge < -0.3 is 9.47 Å². The maximum atomic E-state index is 12.3. The normalized spacial score (nSPS) is 12.4. The van der Waals surface area contributed by atoms with Crippen LogP contribution in [-0.2, 0) is 6.42 Å². The maximum absolute atomic E-state index is 12.3. The molecule has 0 radical (unpaired) electrons. The molecule has 2 aromatic carbocycles. The van der Waals surface area contributed by atoms with Gasteiger partial charge in [-0.25, -0.2) is 4.98 Å². The number of amides is 1. The highest BCUT2D eigenvalue weighted by molar-refractivity contribution is 7.14. The Kier molecular flexibility index (Phi) is 4.11. The number of carbonyl (C=O) groups excluding carboxylic acids is 1. The van der Waals surface area contributed by atoms with Crippen LogP contribution in [0.5, 0.6) is 11.5 Å². The number of carbonyl (C=O) groups is 1. The minimum absolute atomic E-state index is 0.189. The predicted molar refractivity (Wildman–Crippen MR) is 97.7 cm³/mol. The highest BCUT2D eigenvalue weighted by Gasteiger charge is 2.15. The summed E-state index contributed by atoms with van der Waals surface area (Å²) in [5.41, 5.74) is 3.65. The van der Waals surface area contributed by atoms with Crippen LogP contribution in [0.2, 0.25) is 0 Å². The van der Waals surface area contributed by atoms with E-state index in [-0.39, 0.29) is 5.91 Å². The Labute approximate surface area is 149 Å². The second-order valence-electron chi connectivity index (χ2n) is 5.64. The molecule has 0 atom stereocenters. The van der Waals surface area contributed by atoms with Crippen molar-refractivity contribution in [2.45, 2.75) is 6.42 Å². The van der Waals surface area contributed by atoms with Crippen molar-refractivity contribution in [3.05, 3.63) is 59.0 Å². The third-order valence-electron chi connectivity index (χ3n) is 4.06. The van der Waals surface area contributed by atoms with Gasteiger partial charge in [-0.05, 0) is 48.0 Å². The third-order valence-corrected chi connectivity index (χ3v) is 4.82. The summed E-state index contributed by atoms with van der Waals surface area (Å²) in [4.78, 5) is 16.8. The molecule has 3 aromatic rings. The number of methoxy groups -OCH3 is 1. The highest BCUT2D eigenvalue weighted by atomic mass is 32.1. The number of anilines is 1. The summed E-state index contributed by atoms with van der Waals surface area (Å²) in [7, 11) is 1.59. The van der Waals surface area contributed by atoms with Gasteiger partial charge in [0.15, 0.2) is 5.13 Å². The van der Waals surface area contributed by atoms with E-state index in [0.717, 1.165) is 30.0 Å². The molecule has 0 spiro atoms. The van der Waals surface area contributed by atoms with Gasteiger partial charge in [0.1, 0.15) is 11.5 Å². The van der Waals surface area contributed by atoms with E-state index in [1.165, 1.54) is 16.9 Å². The van der Waals surface area contributed by atoms with Crippen molar-refractivity contribution in [2.75, 3.05) is 19.0 Å². The molecule has 2 heterocycles. The van der Waals surface area contributed by atoms with Crippen LogP contribution < -0.4 is 14.8 Å². The Hall–Kier alpha value is -2.86. The van der Waals surface area contributed by atoms with Crippen molar-refractivity contribution < 1.29 is 14.3 Å². The van der Waals surface area contributed by atoms with Crippen LogP contribution in [0.25, 0.3) is 11.3 Å². The average Bonchev–Trinajstić information content (AvgIpc) is 3.30. The van der Waals surface area contributed by atoms with E-state index in [4.69, 9.17) is 9.47 Å². The van der Waals surface area contributed by atoms with Gasteiger partial charge in [-0.2, -0.15) is 0 Å². The number of benzene rings is 2. The van der Waals surface area contributed by atoms with Crippen molar-refractivity contribution in [3.63, 3.8) is 0 Å². The lowest BCUT2D eigenvalue weighted by Gasteiger charge is -2.03. The standard InChI is InChI=1S/C19H16N2O3S/c1-23-15-5-2-12(3-6-15)18(22)21-19-20-16(11-25-19)13-4-7-17-14(10-13)8-9-24-17/h2-7,10-11H,8-9H2,1H3,(H,20,21,22). The molecule has 25 heavy (non-hydrogen) atoms. The monoisotopic (exact) mass is 352 g/mol. The van der Waals surface area contributed by atoms with Gasteiger partial charge in [0.25, 0.3) is 5.91 Å². The fourth-order valence-electron chi connectivity index (χ4n) is 2.72. The van der Waals surface area contributed by atoms with E-state index < -0.39 is 0 Å². The second-order valence-corrected chi connectivity index (χ2v) is 6.50. The molecule has 0 saturated heterocycles. The number of aromatic nitrogens is 1. The number of fused-ring (bicyclic) bond motifs is 1. The minimum Gasteiger partial charge on any atom is -0.497 e. The number of rotatable bonds is 4. The summed E-state index contributed by atoms with van der Waals surface area (Å²) >= 11 is 1.41. The predicted octanol–water partition coefficient (Wildman–Crippen LogP) is 4.01. The first-order chi connectivity index (χ1) is 12.2. The molecule has 6 heteroatoms. The molecular weight excluding hydrogens is 336 g/mol. The third kappa shape index (κ3) is 3.21. The number of nitrogens with one attached hydrogen (secondary N) is 1. The van der Waals surface area contributed by atoms with Crippen molar-refractivity contribution >= 4 is 22.4 Å². The van der Waals surface area contributed by atoms with Crippen LogP contribution in [-0.4, -0.2) is 24.6 Å². The van der Waals surface area contributed by atoms with Crippen molar-refractivity contribution in [1.82, 2.24) is 4.98 Å². The van der Waals surface area contributed by atoms with Crippen LogP contribution in [0, 0.1) is 0 Å². The number of hydrogen-bond acceptors (Lipinski definition) is 5. The van der Waals surface area contributed by atoms with E-state index >= 15 is 0 Å². The molecule has 0 bridgehead atoms. The molecular formula is C19H16N2O3S. The van der Waals surface area contributed by atoms with Crippen molar-refractivity contribution in [1.29, 1.82) is 0 Å². The molecule has 0 aliphatic carbocycles. The molecule has 0 fully saturated rings. The fraction of sp³-hybridized carbons (Fsp3) is 0.158. The fourth-order valence-corrected chi connectivity index (χ4v) is 3.44. The smallest absolute Gasteiger partial charge is 0.257 e. The zero-order valence-corrected chi connectivity index (χ0v) is 14.4. The minimum atomic E-state index is -0.189. The Morgan fingerprint density at radius 2 is 2.08 bits per heavy atom. The molecule has 0 unspecified atom stereocenters. The van der Waals surface area contributed by atoms with Crippen molar-refractivity contribution in [2.24, 2.45) is 0 Å². The van der Waals surface area contributed by atoms with Gasteiger partial charge >= 0.3 is 0 Å². The van der Waals surface area contributed by atoms with Gasteiger partial charge in [-0.3, -0.25) is 10.1 Å². The van der Waals surface area contributed by atoms with Crippen LogP contribution in [0.15, 0.2) is 47.8 Å². The Morgan fingerprint density at radius 1 is 1.24 bits per heavy atom. The molecule has 5 nitrogen and oxygen atoms in total. The van der Waals surface area contributed by atoms with E-state index in [2.05, 4.69) is 16.4 Å². The SMILES string of the molecule is COc1ccc(C(=O)Nc2nc(-c3ccc4c(c3)CCO4)cs2)cc1. The number of thiazole rings is 1. The van der Waals surface area contributed by atoms with Crippen LogP contribution in [0.1, 0.15) is 15.9 Å². The molecule has 1 aliphatic rings. The summed E-state index contributed by atoms with van der Waals surface area (Å²) in [5, 5.41) is 5.36. The Bertz CT molecular complexity index is 919. The lowest BCUT2D eigenvalue weighted by Crippen LogP contribution is -2.11. The van der Waals surface area contributed by atoms with Gasteiger partial charge in [0.05, 0.1) is 19.4 Å². The zero-order valence-electron chi connectivity index (χ0n) is 13.6. The summed E-state index contributed by atoms with van der Waals surface area (Å²) in [6.45, 7) is 0.735. The molecule has 126 valence electrons. The largest absolute Gasteiger partial charge is 0.497 e. The number of nitrogens with zero attached hydrogens (tertiary/aromatic N) is 1. The molecule has 1 aromatic heterocycles. The molecule has 1 amide bonds. The summed E-state index contributed by atoms with van der Waals surface area (Å²) in [6.07, 6.45) is 0.925. The van der Waals surface area contributed by atoms with Crippen LogP contribution in [0.3, 0.4) is 0 Å². The molecule has 1 N–H and O–H groups in total. The molecule has 1 aliphatic heterocycles. The highest BCUT2D eigenvalue weighted by Crippen LogP contribution is 2.32. The Balaban J connectivity index is 1.50. The lowest BCUT2D eigenvalue weighted by atomic mass is 10.1. The quantitative estimate of drug-likeness (QED) is 0.771.